The monoisotopic (exact) mass is 303 g/mol. The molecule has 5 nitrogen and oxygen atoms in total. The van der Waals surface area contributed by atoms with Crippen molar-refractivity contribution in [3.63, 3.8) is 0 Å². The van der Waals surface area contributed by atoms with Crippen molar-refractivity contribution in [1.82, 2.24) is 15.1 Å². The van der Waals surface area contributed by atoms with Gasteiger partial charge in [0.25, 0.3) is 0 Å². The molecule has 1 heterocycles. The average Bonchev–Trinajstić information content (AvgIpc) is 2.59. The molecule has 1 aliphatic rings. The molecule has 0 saturated carbocycles. The molecule has 22 heavy (non-hydrogen) atoms. The van der Waals surface area contributed by atoms with Crippen LogP contribution >= 0.6 is 0 Å². The molecule has 0 radical (unpaired) electrons. The molecule has 2 amide bonds. The maximum Gasteiger partial charge on any atom is 0.317 e. The number of ether oxygens (including phenoxy) is 1. The Kier molecular flexibility index (Phi) is 5.83. The lowest BCUT2D eigenvalue weighted by atomic mass is 10.1. The molecule has 1 atom stereocenters. The molecular weight excluding hydrogens is 278 g/mol. The van der Waals surface area contributed by atoms with Crippen LogP contribution < -0.4 is 10.1 Å². The van der Waals surface area contributed by atoms with Crippen LogP contribution in [0, 0.1) is 0 Å². The van der Waals surface area contributed by atoms with Crippen LogP contribution in [0.25, 0.3) is 0 Å². The number of hydrogen-bond acceptors (Lipinski definition) is 3. The van der Waals surface area contributed by atoms with Crippen LogP contribution in [0.5, 0.6) is 5.75 Å². The smallest absolute Gasteiger partial charge is 0.317 e. The molecule has 1 N–H and O–H groups in total. The molecule has 0 unspecified atom stereocenters. The van der Waals surface area contributed by atoms with Crippen molar-refractivity contribution in [3.8, 4) is 5.75 Å². The first kappa shape index (κ1) is 16.4. The quantitative estimate of drug-likeness (QED) is 0.849. The Labute approximate surface area is 132 Å². The highest BCUT2D eigenvalue weighted by atomic mass is 16.5. The van der Waals surface area contributed by atoms with Crippen molar-refractivity contribution in [2.45, 2.75) is 13.0 Å². The molecule has 1 aromatic carbocycles. The fourth-order valence-electron chi connectivity index (χ4n) is 2.70. The summed E-state index contributed by atoms with van der Waals surface area (Å²) in [4.78, 5) is 16.2. The van der Waals surface area contributed by atoms with Crippen molar-refractivity contribution < 1.29 is 9.53 Å². The minimum Gasteiger partial charge on any atom is -0.497 e. The van der Waals surface area contributed by atoms with E-state index >= 15 is 0 Å². The van der Waals surface area contributed by atoms with Gasteiger partial charge in [-0.05, 0) is 24.6 Å². The van der Waals surface area contributed by atoms with Gasteiger partial charge in [0.1, 0.15) is 5.75 Å². The largest absolute Gasteiger partial charge is 0.497 e. The van der Waals surface area contributed by atoms with Crippen molar-refractivity contribution >= 4 is 6.03 Å². The van der Waals surface area contributed by atoms with Crippen LogP contribution in [0.1, 0.15) is 18.5 Å². The number of carbonyl (C=O) groups is 1. The van der Waals surface area contributed by atoms with Gasteiger partial charge in [0.05, 0.1) is 7.11 Å². The Morgan fingerprint density at radius 2 is 2.14 bits per heavy atom. The maximum absolute atomic E-state index is 11.9. The van der Waals surface area contributed by atoms with Gasteiger partial charge in [-0.3, -0.25) is 4.90 Å². The van der Waals surface area contributed by atoms with E-state index in [1.807, 2.05) is 17.0 Å². The highest BCUT2D eigenvalue weighted by Crippen LogP contribution is 2.24. The Morgan fingerprint density at radius 3 is 2.77 bits per heavy atom. The summed E-state index contributed by atoms with van der Waals surface area (Å²) in [6.07, 6.45) is 1.69. The molecule has 0 bridgehead atoms. The van der Waals surface area contributed by atoms with Crippen LogP contribution in [0.2, 0.25) is 0 Å². The minimum atomic E-state index is -0.00594. The SMILES string of the molecule is C=CCNC(=O)N1CCN([C@@H](C)c2cccc(OC)c2)CC1. The molecule has 1 aromatic rings. The molecular formula is C17H25N3O2. The molecule has 0 aliphatic carbocycles. The first-order valence-electron chi connectivity index (χ1n) is 7.67. The van der Waals surface area contributed by atoms with E-state index in [4.69, 9.17) is 4.74 Å². The third kappa shape index (κ3) is 4.01. The number of nitrogens with zero attached hydrogens (tertiary/aromatic N) is 2. The number of urea groups is 1. The molecule has 2 rings (SSSR count). The highest BCUT2D eigenvalue weighted by Gasteiger charge is 2.24. The number of nitrogens with one attached hydrogen (secondary N) is 1. The van der Waals surface area contributed by atoms with E-state index in [1.165, 1.54) is 5.56 Å². The topological polar surface area (TPSA) is 44.8 Å². The number of carbonyl (C=O) groups excluding carboxylic acids is 1. The summed E-state index contributed by atoms with van der Waals surface area (Å²) in [6, 6.07) is 8.48. The van der Waals surface area contributed by atoms with Gasteiger partial charge >= 0.3 is 6.03 Å². The summed E-state index contributed by atoms with van der Waals surface area (Å²) in [7, 11) is 1.68. The Balaban J connectivity index is 1.90. The number of benzene rings is 1. The van der Waals surface area contributed by atoms with Crippen molar-refractivity contribution in [1.29, 1.82) is 0 Å². The first-order valence-corrected chi connectivity index (χ1v) is 7.67. The van der Waals surface area contributed by atoms with E-state index in [0.29, 0.717) is 12.6 Å². The number of piperazine rings is 1. The second-order valence-corrected chi connectivity index (χ2v) is 5.45. The zero-order chi connectivity index (χ0) is 15.9. The summed E-state index contributed by atoms with van der Waals surface area (Å²) >= 11 is 0. The van der Waals surface area contributed by atoms with Crippen molar-refractivity contribution in [2.24, 2.45) is 0 Å². The standard InChI is InChI=1S/C17H25N3O2/c1-4-8-18-17(21)20-11-9-19(10-12-20)14(2)15-6-5-7-16(13-15)22-3/h4-7,13-14H,1,8-12H2,2-3H3,(H,18,21)/t14-/m0/s1. The van der Waals surface area contributed by atoms with Gasteiger partial charge in [-0.2, -0.15) is 0 Å². The van der Waals surface area contributed by atoms with Crippen molar-refractivity contribution in [2.75, 3.05) is 39.8 Å². The van der Waals surface area contributed by atoms with Gasteiger partial charge in [0.2, 0.25) is 0 Å². The van der Waals surface area contributed by atoms with E-state index < -0.39 is 0 Å². The van der Waals surface area contributed by atoms with Gasteiger partial charge < -0.3 is 15.0 Å². The second-order valence-electron chi connectivity index (χ2n) is 5.45. The summed E-state index contributed by atoms with van der Waals surface area (Å²) in [5.41, 5.74) is 1.24. The van der Waals surface area contributed by atoms with E-state index in [2.05, 4.69) is 35.9 Å². The van der Waals surface area contributed by atoms with Crippen LogP contribution in [0.3, 0.4) is 0 Å². The summed E-state index contributed by atoms with van der Waals surface area (Å²) < 4.78 is 5.29. The molecule has 120 valence electrons. The van der Waals surface area contributed by atoms with Gasteiger partial charge in [-0.25, -0.2) is 4.79 Å². The van der Waals surface area contributed by atoms with Crippen LogP contribution in [-0.2, 0) is 0 Å². The zero-order valence-corrected chi connectivity index (χ0v) is 13.4. The Bertz CT molecular complexity index is 510. The number of amides is 2. The van der Waals surface area contributed by atoms with Crippen molar-refractivity contribution in [3.05, 3.63) is 42.5 Å². The second kappa shape index (κ2) is 7.84. The fraction of sp³-hybridized carbons (Fsp3) is 0.471. The predicted octanol–water partition coefficient (Wildman–Crippen LogP) is 2.27. The summed E-state index contributed by atoms with van der Waals surface area (Å²) in [5, 5.41) is 2.83. The van der Waals surface area contributed by atoms with E-state index in [9.17, 15) is 4.79 Å². The highest BCUT2D eigenvalue weighted by molar-refractivity contribution is 5.74. The maximum atomic E-state index is 11.9. The number of rotatable bonds is 5. The van der Waals surface area contributed by atoms with Crippen LogP contribution in [0.15, 0.2) is 36.9 Å². The lowest BCUT2D eigenvalue weighted by Crippen LogP contribution is -2.52. The Hall–Kier alpha value is -2.01. The van der Waals surface area contributed by atoms with Gasteiger partial charge in [0.15, 0.2) is 0 Å². The molecule has 5 heteroatoms. The number of methoxy groups -OCH3 is 1. The van der Waals surface area contributed by atoms with E-state index in [-0.39, 0.29) is 6.03 Å². The third-order valence-electron chi connectivity index (χ3n) is 4.12. The van der Waals surface area contributed by atoms with E-state index in [0.717, 1.165) is 31.9 Å². The van der Waals surface area contributed by atoms with Gasteiger partial charge in [-0.1, -0.05) is 18.2 Å². The lowest BCUT2D eigenvalue weighted by molar-refractivity contribution is 0.114. The molecule has 0 aromatic heterocycles. The molecule has 1 aliphatic heterocycles. The van der Waals surface area contributed by atoms with Crippen LogP contribution in [0.4, 0.5) is 4.79 Å². The average molecular weight is 303 g/mol. The molecule has 0 spiro atoms. The van der Waals surface area contributed by atoms with Crippen LogP contribution in [-0.4, -0.2) is 55.7 Å². The van der Waals surface area contributed by atoms with Gasteiger partial charge in [0, 0.05) is 38.8 Å². The third-order valence-corrected chi connectivity index (χ3v) is 4.12. The summed E-state index contributed by atoms with van der Waals surface area (Å²) in [5.74, 6) is 0.881. The zero-order valence-electron chi connectivity index (χ0n) is 13.4. The predicted molar refractivity (Wildman–Crippen MR) is 88.2 cm³/mol. The van der Waals surface area contributed by atoms with E-state index in [1.54, 1.807) is 13.2 Å². The van der Waals surface area contributed by atoms with Gasteiger partial charge in [-0.15, -0.1) is 6.58 Å². The normalized spacial score (nSPS) is 16.9. The first-order chi connectivity index (χ1) is 10.7. The minimum absolute atomic E-state index is 0.00594. The Morgan fingerprint density at radius 1 is 1.41 bits per heavy atom. The number of hydrogen-bond donors (Lipinski definition) is 1. The molecule has 1 saturated heterocycles. The fourth-order valence-corrected chi connectivity index (χ4v) is 2.70. The molecule has 1 fully saturated rings. The summed E-state index contributed by atoms with van der Waals surface area (Å²) in [6.45, 7) is 9.56. The lowest BCUT2D eigenvalue weighted by Gasteiger charge is -2.38.